The number of ether oxygens (including phenoxy) is 5. The molecule has 0 atom stereocenters. The first-order valence-electron chi connectivity index (χ1n) is 37.6. The second-order valence-electron chi connectivity index (χ2n) is 28.1. The van der Waals surface area contributed by atoms with E-state index in [1.807, 2.05) is 267 Å². The number of benzene rings is 16. The Hall–Kier alpha value is -13.2. The van der Waals surface area contributed by atoms with Gasteiger partial charge in [0, 0.05) is 5.39 Å². The molecule has 0 aromatic heterocycles. The van der Waals surface area contributed by atoms with Crippen molar-refractivity contribution in [2.24, 2.45) is 0 Å². The van der Waals surface area contributed by atoms with Crippen LogP contribution in [0.3, 0.4) is 0 Å². The number of sulfone groups is 4. The molecule has 0 saturated heterocycles. The van der Waals surface area contributed by atoms with E-state index in [4.69, 9.17) is 23.7 Å². The summed E-state index contributed by atoms with van der Waals surface area (Å²) in [5, 5.41) is 4.34. The second-order valence-corrected chi connectivity index (χ2v) is 35.8. The second kappa shape index (κ2) is 36.1. The molecule has 0 heterocycles. The average Bonchev–Trinajstić information content (AvgIpc) is 0.798. The Morgan fingerprint density at radius 3 is 0.829 bits per heavy atom. The summed E-state index contributed by atoms with van der Waals surface area (Å²) in [6.45, 7) is 14.8. The lowest BCUT2D eigenvalue weighted by Crippen LogP contribution is -2.04. The number of aryl methyl sites for hydroxylation is 8. The fraction of sp³-hybridized carbons (Fsp3) is 0.0800. The Labute approximate surface area is 685 Å². The third-order valence-electron chi connectivity index (χ3n) is 19.2. The van der Waals surface area contributed by atoms with Crippen LogP contribution in [0.25, 0.3) is 32.7 Å². The van der Waals surface area contributed by atoms with Crippen molar-refractivity contribution in [1.29, 1.82) is 0 Å². The highest BCUT2D eigenvalue weighted by atomic mass is 32.2. The third-order valence-corrected chi connectivity index (χ3v) is 26.9. The van der Waals surface area contributed by atoms with Crippen molar-refractivity contribution >= 4 is 60.9 Å². The topological polar surface area (TPSA) is 183 Å². The molecule has 0 N–H and O–H groups in total. The van der Waals surface area contributed by atoms with Crippen LogP contribution in [0.15, 0.2) is 403 Å². The minimum Gasteiger partial charge on any atom is -0.457 e. The Kier molecular flexibility index (Phi) is 25.3. The molecule has 586 valence electrons. The lowest BCUT2D eigenvalue weighted by molar-refractivity contribution is 0.469. The number of hydrogen-bond donors (Lipinski definition) is 0. The molecule has 17 heteroatoms. The van der Waals surface area contributed by atoms with E-state index in [1.165, 1.54) is 0 Å². The Balaban J connectivity index is 0.000000136. The zero-order valence-corrected chi connectivity index (χ0v) is 68.8. The minimum atomic E-state index is -3.59. The zero-order chi connectivity index (χ0) is 82.4. The monoisotopic (exact) mass is 1620 g/mol. The largest absolute Gasteiger partial charge is 0.457 e. The van der Waals surface area contributed by atoms with Crippen LogP contribution in [-0.4, -0.2) is 33.7 Å². The van der Waals surface area contributed by atoms with E-state index in [-0.39, 0.29) is 19.6 Å². The molecule has 0 aliphatic carbocycles. The molecule has 0 fully saturated rings. The summed E-state index contributed by atoms with van der Waals surface area (Å²) in [4.78, 5) is 2.36. The van der Waals surface area contributed by atoms with Crippen LogP contribution < -0.4 is 23.7 Å². The summed E-state index contributed by atoms with van der Waals surface area (Å²) in [6.07, 6.45) is 0. The maximum absolute atomic E-state index is 13.0. The van der Waals surface area contributed by atoms with Gasteiger partial charge in [-0.15, -0.1) is 0 Å². The van der Waals surface area contributed by atoms with Gasteiger partial charge in [-0.25, -0.2) is 33.7 Å². The fourth-order valence-corrected chi connectivity index (χ4v) is 19.2. The lowest BCUT2D eigenvalue weighted by atomic mass is 10.1. The van der Waals surface area contributed by atoms with Crippen LogP contribution >= 0.6 is 0 Å². The normalized spacial score (nSPS) is 11.4. The van der Waals surface area contributed by atoms with E-state index in [0.29, 0.717) is 65.6 Å². The van der Waals surface area contributed by atoms with Gasteiger partial charge in [0.1, 0.15) is 57.5 Å². The molecule has 0 bridgehead atoms. The number of para-hydroxylation sites is 1. The first-order chi connectivity index (χ1) is 56.2. The summed E-state index contributed by atoms with van der Waals surface area (Å²) in [5.74, 6) is 6.56. The molecular weight excluding hydrogens is 1540 g/mol. The SMILES string of the molecule is Cc1ccc(C)c(S(=O)(=O)c2ccc(Oc3ccc(-c4ccccc4)cc3)cc2)c1.Cc1ccc(C)c(S(=O)(=O)c2ccc(Oc3ccc(Oc4ccccc4)cc3)cc2)c1.Cc1ccc(C)c(S(=O)(=O)c2ccc(Oc3ccc4ccccc4c3)cc2)c1.Cc1ccc(C)c(S(=O)(=O)c2ccc(Oc3cccc4ccccc34)cc2)c1. The highest BCUT2D eigenvalue weighted by Gasteiger charge is 2.25. The predicted octanol–water partition coefficient (Wildman–Crippen LogP) is 25.5. The summed E-state index contributed by atoms with van der Waals surface area (Å²) >= 11 is 0. The van der Waals surface area contributed by atoms with Crippen LogP contribution in [0.2, 0.25) is 0 Å². The molecule has 0 amide bonds. The van der Waals surface area contributed by atoms with Gasteiger partial charge < -0.3 is 23.7 Å². The highest BCUT2D eigenvalue weighted by molar-refractivity contribution is 7.92. The van der Waals surface area contributed by atoms with Crippen LogP contribution in [0.4, 0.5) is 0 Å². The maximum atomic E-state index is 13.0. The molecule has 0 spiro atoms. The summed E-state index contributed by atoms with van der Waals surface area (Å²) in [5.41, 5.74) is 8.84. The third kappa shape index (κ3) is 20.1. The Morgan fingerprint density at radius 2 is 0.453 bits per heavy atom. The van der Waals surface area contributed by atoms with Gasteiger partial charge in [-0.05, 0) is 315 Å². The van der Waals surface area contributed by atoms with Crippen LogP contribution in [0, 0.1) is 55.4 Å². The van der Waals surface area contributed by atoms with Crippen molar-refractivity contribution in [2.45, 2.75) is 94.6 Å². The number of rotatable bonds is 19. The molecule has 117 heavy (non-hydrogen) atoms. The van der Waals surface area contributed by atoms with Gasteiger partial charge >= 0.3 is 0 Å². The van der Waals surface area contributed by atoms with Crippen molar-refractivity contribution in [1.82, 2.24) is 0 Å². The average molecular weight is 1620 g/mol. The van der Waals surface area contributed by atoms with Crippen molar-refractivity contribution in [3.63, 3.8) is 0 Å². The van der Waals surface area contributed by atoms with E-state index in [2.05, 4.69) is 12.1 Å². The number of fused-ring (bicyclic) bond motifs is 2. The molecule has 16 aromatic rings. The Morgan fingerprint density at radius 1 is 0.188 bits per heavy atom. The first-order valence-corrected chi connectivity index (χ1v) is 43.5. The summed E-state index contributed by atoms with van der Waals surface area (Å²) < 4.78 is 133. The molecule has 0 saturated carbocycles. The van der Waals surface area contributed by atoms with Gasteiger partial charge in [-0.3, -0.25) is 0 Å². The smallest absolute Gasteiger partial charge is 0.206 e. The molecule has 0 unspecified atom stereocenters. The Bertz CT molecular complexity index is 6680. The van der Waals surface area contributed by atoms with E-state index >= 15 is 0 Å². The van der Waals surface area contributed by atoms with Crippen molar-refractivity contribution in [2.75, 3.05) is 0 Å². The van der Waals surface area contributed by atoms with E-state index < -0.39 is 39.3 Å². The molecule has 0 aliphatic rings. The molecule has 0 radical (unpaired) electrons. The molecule has 13 nitrogen and oxygen atoms in total. The van der Waals surface area contributed by atoms with Crippen LogP contribution in [-0.2, 0) is 39.3 Å². The van der Waals surface area contributed by atoms with Gasteiger partial charge in [0.15, 0.2) is 0 Å². The minimum absolute atomic E-state index is 0.236. The van der Waals surface area contributed by atoms with Crippen molar-refractivity contribution in [3.05, 3.63) is 408 Å². The van der Waals surface area contributed by atoms with E-state index in [1.54, 1.807) is 140 Å². The van der Waals surface area contributed by atoms with Crippen molar-refractivity contribution < 1.29 is 57.4 Å². The quantitative estimate of drug-likeness (QED) is 0.0746. The zero-order valence-electron chi connectivity index (χ0n) is 65.6. The number of hydrogen-bond acceptors (Lipinski definition) is 13. The van der Waals surface area contributed by atoms with Gasteiger partial charge in [0.05, 0.1) is 39.2 Å². The van der Waals surface area contributed by atoms with Gasteiger partial charge in [0.25, 0.3) is 0 Å². The lowest BCUT2D eigenvalue weighted by Gasteiger charge is -2.11. The standard InChI is InChI=1S/C26H22O4S.C26H22O3S.2C24H20O3S/c1-19-8-9-20(2)26(18-19)31(27,28)25-16-14-24(15-17-25)30-23-12-10-22(11-13-23)29-21-6-4-3-5-7-21;1-19-8-9-20(2)26(18-19)30(27,28)25-16-14-24(15-17-25)29-23-12-10-22(11-13-23)21-6-4-3-5-7-21;1-17-10-11-18(2)24(16-17)28(25,26)21-14-12-20(13-15-21)27-23-9-5-7-19-6-3-4-8-22(19)23;1-17-7-8-18(2)24(15-17)28(25,26)23-13-11-21(12-14-23)27-22-10-9-19-5-3-4-6-20(19)16-22/h3-18H,1-2H3;3-18H,1-2H3;2*3-16H,1-2H3. The van der Waals surface area contributed by atoms with Crippen LogP contribution in [0.5, 0.6) is 57.5 Å². The predicted molar refractivity (Wildman–Crippen MR) is 464 cm³/mol. The van der Waals surface area contributed by atoms with E-state index in [9.17, 15) is 33.7 Å². The fourth-order valence-electron chi connectivity index (χ4n) is 12.8. The molecule has 16 rings (SSSR count). The molecule has 16 aromatic carbocycles. The summed E-state index contributed by atoms with van der Waals surface area (Å²) in [6, 6.07) is 110. The van der Waals surface area contributed by atoms with Gasteiger partial charge in [-0.2, -0.15) is 0 Å². The first kappa shape index (κ1) is 81.8. The molecular formula is C100H84O13S4. The van der Waals surface area contributed by atoms with Gasteiger partial charge in [0.2, 0.25) is 39.3 Å². The van der Waals surface area contributed by atoms with E-state index in [0.717, 1.165) is 88.7 Å². The summed E-state index contributed by atoms with van der Waals surface area (Å²) in [7, 11) is -14.3. The van der Waals surface area contributed by atoms with Crippen molar-refractivity contribution in [3.8, 4) is 68.6 Å². The van der Waals surface area contributed by atoms with Crippen LogP contribution in [0.1, 0.15) is 44.5 Å². The highest BCUT2D eigenvalue weighted by Crippen LogP contribution is 2.37. The van der Waals surface area contributed by atoms with Gasteiger partial charge in [-0.1, -0.05) is 176 Å². The molecule has 0 aliphatic heterocycles. The maximum Gasteiger partial charge on any atom is 0.206 e.